The van der Waals surface area contributed by atoms with E-state index in [2.05, 4.69) is 19.2 Å². The van der Waals surface area contributed by atoms with E-state index < -0.39 is 5.97 Å². The standard InChI is InChI=1S/C17H30N2O3/c1-3-5-12(2)15-6-4-11-19(15)17(22)18-14-9-7-13(8-10-14)16(20)21/h12-15H,3-11H2,1-2H3,(H,18,22)(H,20,21). The molecule has 2 unspecified atom stereocenters. The number of carboxylic acid groups (broad SMARTS) is 1. The van der Waals surface area contributed by atoms with E-state index in [1.807, 2.05) is 4.90 Å². The predicted molar refractivity (Wildman–Crippen MR) is 85.7 cm³/mol. The van der Waals surface area contributed by atoms with E-state index in [1.54, 1.807) is 0 Å². The van der Waals surface area contributed by atoms with Crippen LogP contribution < -0.4 is 5.32 Å². The molecule has 2 fully saturated rings. The molecule has 126 valence electrons. The summed E-state index contributed by atoms with van der Waals surface area (Å²) in [6.45, 7) is 5.30. The van der Waals surface area contributed by atoms with Gasteiger partial charge in [0.15, 0.2) is 0 Å². The third-order valence-corrected chi connectivity index (χ3v) is 5.36. The average Bonchev–Trinajstić information content (AvgIpc) is 2.97. The van der Waals surface area contributed by atoms with Gasteiger partial charge in [0.2, 0.25) is 0 Å². The van der Waals surface area contributed by atoms with Crippen LogP contribution in [0, 0.1) is 11.8 Å². The second kappa shape index (κ2) is 7.84. The number of carboxylic acids is 1. The number of nitrogens with one attached hydrogen (secondary N) is 1. The lowest BCUT2D eigenvalue weighted by molar-refractivity contribution is -0.142. The molecule has 1 aliphatic heterocycles. The first-order valence-corrected chi connectivity index (χ1v) is 8.82. The highest BCUT2D eigenvalue weighted by Crippen LogP contribution is 2.28. The highest BCUT2D eigenvalue weighted by Gasteiger charge is 2.34. The molecule has 2 N–H and O–H groups in total. The topological polar surface area (TPSA) is 69.6 Å². The van der Waals surface area contributed by atoms with Gasteiger partial charge >= 0.3 is 12.0 Å². The Hall–Kier alpha value is -1.26. The Kier molecular flexibility index (Phi) is 6.09. The minimum Gasteiger partial charge on any atom is -0.481 e. The van der Waals surface area contributed by atoms with Crippen molar-refractivity contribution in [1.82, 2.24) is 10.2 Å². The molecule has 0 bridgehead atoms. The molecule has 1 saturated heterocycles. The second-order valence-electron chi connectivity index (χ2n) is 7.01. The molecule has 5 nitrogen and oxygen atoms in total. The number of carbonyl (C=O) groups is 2. The van der Waals surface area contributed by atoms with Crippen molar-refractivity contribution in [3.63, 3.8) is 0 Å². The first-order valence-electron chi connectivity index (χ1n) is 8.82. The minimum absolute atomic E-state index is 0.0595. The maximum Gasteiger partial charge on any atom is 0.317 e. The van der Waals surface area contributed by atoms with Crippen molar-refractivity contribution in [3.8, 4) is 0 Å². The summed E-state index contributed by atoms with van der Waals surface area (Å²) in [6, 6.07) is 0.574. The zero-order valence-corrected chi connectivity index (χ0v) is 13.9. The van der Waals surface area contributed by atoms with Crippen molar-refractivity contribution in [1.29, 1.82) is 0 Å². The normalized spacial score (nSPS) is 30.1. The van der Waals surface area contributed by atoms with Crippen LogP contribution in [0.4, 0.5) is 4.79 Å². The molecule has 2 atom stereocenters. The lowest BCUT2D eigenvalue weighted by atomic mass is 9.86. The fourth-order valence-corrected chi connectivity index (χ4v) is 4.03. The highest BCUT2D eigenvalue weighted by atomic mass is 16.4. The molecule has 2 rings (SSSR count). The number of carbonyl (C=O) groups excluding carboxylic acids is 1. The van der Waals surface area contributed by atoms with Crippen LogP contribution >= 0.6 is 0 Å². The number of hydrogen-bond donors (Lipinski definition) is 2. The van der Waals surface area contributed by atoms with Gasteiger partial charge in [-0.25, -0.2) is 4.79 Å². The Bertz CT molecular complexity index is 391. The lowest BCUT2D eigenvalue weighted by Crippen LogP contribution is -2.49. The summed E-state index contributed by atoms with van der Waals surface area (Å²) in [5.74, 6) is -0.365. The van der Waals surface area contributed by atoms with Gasteiger partial charge in [-0.3, -0.25) is 4.79 Å². The van der Waals surface area contributed by atoms with Crippen molar-refractivity contribution in [3.05, 3.63) is 0 Å². The molecule has 1 aliphatic carbocycles. The maximum absolute atomic E-state index is 12.5. The van der Waals surface area contributed by atoms with E-state index in [0.29, 0.717) is 24.8 Å². The number of hydrogen-bond acceptors (Lipinski definition) is 2. The van der Waals surface area contributed by atoms with E-state index in [1.165, 1.54) is 0 Å². The van der Waals surface area contributed by atoms with Gasteiger partial charge in [0, 0.05) is 18.6 Å². The van der Waals surface area contributed by atoms with Gasteiger partial charge in [-0.15, -0.1) is 0 Å². The highest BCUT2D eigenvalue weighted by molar-refractivity contribution is 5.75. The molecule has 0 radical (unpaired) electrons. The number of nitrogens with zero attached hydrogens (tertiary/aromatic N) is 1. The summed E-state index contributed by atoms with van der Waals surface area (Å²) in [7, 11) is 0. The third-order valence-electron chi connectivity index (χ3n) is 5.36. The number of amides is 2. The molecule has 0 aromatic carbocycles. The first-order chi connectivity index (χ1) is 10.5. The molecule has 22 heavy (non-hydrogen) atoms. The third kappa shape index (κ3) is 4.14. The molecule has 0 aromatic rings. The van der Waals surface area contributed by atoms with Gasteiger partial charge < -0.3 is 15.3 Å². The van der Waals surface area contributed by atoms with E-state index in [0.717, 1.165) is 45.1 Å². The fourth-order valence-electron chi connectivity index (χ4n) is 4.03. The van der Waals surface area contributed by atoms with Crippen LogP contribution in [0.2, 0.25) is 0 Å². The smallest absolute Gasteiger partial charge is 0.317 e. The molecule has 0 aromatic heterocycles. The van der Waals surface area contributed by atoms with Gasteiger partial charge in [-0.1, -0.05) is 20.3 Å². The summed E-state index contributed by atoms with van der Waals surface area (Å²) in [5, 5.41) is 12.2. The first kappa shape index (κ1) is 17.1. The number of likely N-dealkylation sites (tertiary alicyclic amines) is 1. The minimum atomic E-state index is -0.697. The van der Waals surface area contributed by atoms with Crippen LogP contribution in [0.5, 0.6) is 0 Å². The van der Waals surface area contributed by atoms with Crippen LogP contribution in [-0.2, 0) is 4.79 Å². The SMILES string of the molecule is CCCC(C)C1CCCN1C(=O)NC1CCC(C(=O)O)CC1. The molecular formula is C17H30N2O3. The van der Waals surface area contributed by atoms with Crippen LogP contribution in [0.15, 0.2) is 0 Å². The van der Waals surface area contributed by atoms with E-state index in [-0.39, 0.29) is 18.0 Å². The summed E-state index contributed by atoms with van der Waals surface area (Å²) in [5.41, 5.74) is 0. The largest absolute Gasteiger partial charge is 0.481 e. The number of rotatable bonds is 5. The Morgan fingerprint density at radius 3 is 2.50 bits per heavy atom. The van der Waals surface area contributed by atoms with Gasteiger partial charge in [-0.2, -0.15) is 0 Å². The average molecular weight is 310 g/mol. The Morgan fingerprint density at radius 2 is 1.91 bits per heavy atom. The van der Waals surface area contributed by atoms with Gasteiger partial charge in [0.05, 0.1) is 5.92 Å². The summed E-state index contributed by atoms with van der Waals surface area (Å²) in [4.78, 5) is 25.5. The zero-order chi connectivity index (χ0) is 16.1. The van der Waals surface area contributed by atoms with E-state index in [4.69, 9.17) is 5.11 Å². The second-order valence-corrected chi connectivity index (χ2v) is 7.01. The Labute approximate surface area is 133 Å². The molecular weight excluding hydrogens is 280 g/mol. The molecule has 5 heteroatoms. The van der Waals surface area contributed by atoms with Crippen molar-refractivity contribution in [2.24, 2.45) is 11.8 Å². The van der Waals surface area contributed by atoms with E-state index in [9.17, 15) is 9.59 Å². The lowest BCUT2D eigenvalue weighted by Gasteiger charge is -2.33. The van der Waals surface area contributed by atoms with Crippen molar-refractivity contribution >= 4 is 12.0 Å². The Morgan fingerprint density at radius 1 is 1.23 bits per heavy atom. The van der Waals surface area contributed by atoms with Crippen LogP contribution in [0.1, 0.15) is 65.2 Å². The van der Waals surface area contributed by atoms with Crippen LogP contribution in [-0.4, -0.2) is 40.6 Å². The summed E-state index contributed by atoms with van der Waals surface area (Å²) in [6.07, 6.45) is 7.45. The fraction of sp³-hybridized carbons (Fsp3) is 0.882. The molecule has 2 amide bonds. The number of aliphatic carboxylic acids is 1. The van der Waals surface area contributed by atoms with Crippen molar-refractivity contribution < 1.29 is 14.7 Å². The number of urea groups is 1. The van der Waals surface area contributed by atoms with Gasteiger partial charge in [-0.05, 0) is 50.9 Å². The maximum atomic E-state index is 12.5. The zero-order valence-electron chi connectivity index (χ0n) is 13.9. The van der Waals surface area contributed by atoms with Gasteiger partial charge in [0.25, 0.3) is 0 Å². The van der Waals surface area contributed by atoms with Crippen LogP contribution in [0.25, 0.3) is 0 Å². The Balaban J connectivity index is 1.83. The van der Waals surface area contributed by atoms with Crippen molar-refractivity contribution in [2.45, 2.75) is 77.3 Å². The van der Waals surface area contributed by atoms with Crippen LogP contribution in [0.3, 0.4) is 0 Å². The van der Waals surface area contributed by atoms with Gasteiger partial charge in [0.1, 0.15) is 0 Å². The quantitative estimate of drug-likeness (QED) is 0.819. The molecule has 0 spiro atoms. The monoisotopic (exact) mass is 310 g/mol. The molecule has 1 heterocycles. The summed E-state index contributed by atoms with van der Waals surface area (Å²) < 4.78 is 0. The summed E-state index contributed by atoms with van der Waals surface area (Å²) >= 11 is 0. The predicted octanol–water partition coefficient (Wildman–Crippen LogP) is 3.24. The van der Waals surface area contributed by atoms with E-state index >= 15 is 0 Å². The molecule has 2 aliphatic rings. The van der Waals surface area contributed by atoms with Crippen molar-refractivity contribution in [2.75, 3.05) is 6.54 Å². The molecule has 1 saturated carbocycles.